The lowest BCUT2D eigenvalue weighted by Crippen LogP contribution is -2.53. The van der Waals surface area contributed by atoms with Crippen LogP contribution in [-0.2, 0) is 0 Å². The van der Waals surface area contributed by atoms with Gasteiger partial charge in [-0.15, -0.1) is 0 Å². The van der Waals surface area contributed by atoms with Crippen LogP contribution in [0.4, 0.5) is 5.69 Å². The predicted molar refractivity (Wildman–Crippen MR) is 78.2 cm³/mol. The molecule has 0 unspecified atom stereocenters. The average molecular weight is 268 g/mol. The Bertz CT molecular complexity index is 386. The quantitative estimate of drug-likeness (QED) is 0.881. The van der Waals surface area contributed by atoms with Crippen molar-refractivity contribution in [1.82, 2.24) is 4.90 Å². The van der Waals surface area contributed by atoms with Crippen LogP contribution >= 0.6 is 11.6 Å². The number of benzene rings is 1. The standard InChI is InChI=1S/C14H22ClN3/c1-2-18-8-6-14(11-16,7-9-18)17-13-5-3-4-12(15)10-13/h3-5,10,17H,2,6-9,11,16H2,1H3. The second-order valence-electron chi connectivity index (χ2n) is 5.05. The number of rotatable bonds is 4. The molecule has 0 atom stereocenters. The van der Waals surface area contributed by atoms with E-state index in [1.54, 1.807) is 0 Å². The van der Waals surface area contributed by atoms with Crippen LogP contribution in [0.5, 0.6) is 0 Å². The number of nitrogens with zero attached hydrogens (tertiary/aromatic N) is 1. The third-order valence-corrected chi connectivity index (χ3v) is 4.12. The molecule has 1 aromatic carbocycles. The molecule has 1 aliphatic heterocycles. The lowest BCUT2D eigenvalue weighted by atomic mass is 9.87. The van der Waals surface area contributed by atoms with E-state index in [1.807, 2.05) is 18.2 Å². The van der Waals surface area contributed by atoms with Gasteiger partial charge in [-0.2, -0.15) is 0 Å². The number of halogens is 1. The molecule has 0 aliphatic carbocycles. The number of nitrogens with one attached hydrogen (secondary N) is 1. The first-order valence-corrected chi connectivity index (χ1v) is 7.01. The minimum Gasteiger partial charge on any atom is -0.378 e. The van der Waals surface area contributed by atoms with Crippen molar-refractivity contribution in [2.45, 2.75) is 25.3 Å². The van der Waals surface area contributed by atoms with E-state index in [4.69, 9.17) is 17.3 Å². The Balaban J connectivity index is 2.05. The number of hydrogen-bond donors (Lipinski definition) is 2. The maximum atomic E-state index is 6.02. The molecule has 0 aromatic heterocycles. The second-order valence-corrected chi connectivity index (χ2v) is 5.49. The Hall–Kier alpha value is -0.770. The molecule has 1 aromatic rings. The molecule has 0 radical (unpaired) electrons. The van der Waals surface area contributed by atoms with Crippen LogP contribution in [0.3, 0.4) is 0 Å². The van der Waals surface area contributed by atoms with E-state index in [2.05, 4.69) is 23.2 Å². The van der Waals surface area contributed by atoms with Crippen molar-refractivity contribution in [2.75, 3.05) is 31.5 Å². The first kappa shape index (κ1) is 13.7. The van der Waals surface area contributed by atoms with Crippen LogP contribution in [0.1, 0.15) is 19.8 Å². The first-order valence-electron chi connectivity index (χ1n) is 6.64. The summed E-state index contributed by atoms with van der Waals surface area (Å²) in [7, 11) is 0. The number of piperidine rings is 1. The smallest absolute Gasteiger partial charge is 0.0520 e. The van der Waals surface area contributed by atoms with Gasteiger partial charge in [0, 0.05) is 30.3 Å². The number of hydrogen-bond acceptors (Lipinski definition) is 3. The third kappa shape index (κ3) is 3.16. The molecule has 1 heterocycles. The van der Waals surface area contributed by atoms with Gasteiger partial charge >= 0.3 is 0 Å². The molecular weight excluding hydrogens is 246 g/mol. The highest BCUT2D eigenvalue weighted by Gasteiger charge is 2.32. The van der Waals surface area contributed by atoms with Gasteiger partial charge in [0.1, 0.15) is 0 Å². The molecule has 0 bridgehead atoms. The van der Waals surface area contributed by atoms with Gasteiger partial charge in [0.2, 0.25) is 0 Å². The summed E-state index contributed by atoms with van der Waals surface area (Å²) in [5.41, 5.74) is 7.09. The van der Waals surface area contributed by atoms with Gasteiger partial charge in [-0.3, -0.25) is 0 Å². The average Bonchev–Trinajstić information content (AvgIpc) is 2.39. The molecular formula is C14H22ClN3. The molecule has 18 heavy (non-hydrogen) atoms. The topological polar surface area (TPSA) is 41.3 Å². The molecule has 0 amide bonds. The summed E-state index contributed by atoms with van der Waals surface area (Å²) in [4.78, 5) is 2.47. The van der Waals surface area contributed by atoms with Gasteiger partial charge in [0.15, 0.2) is 0 Å². The number of nitrogens with two attached hydrogens (primary N) is 1. The minimum absolute atomic E-state index is 0.0242. The zero-order valence-corrected chi connectivity index (χ0v) is 11.7. The molecule has 0 saturated carbocycles. The molecule has 3 N–H and O–H groups in total. The summed E-state index contributed by atoms with van der Waals surface area (Å²) in [5.74, 6) is 0. The van der Waals surface area contributed by atoms with E-state index in [1.165, 1.54) is 0 Å². The van der Waals surface area contributed by atoms with Crippen molar-refractivity contribution in [3.05, 3.63) is 29.3 Å². The lowest BCUT2D eigenvalue weighted by molar-refractivity contribution is 0.184. The maximum absolute atomic E-state index is 6.02. The fraction of sp³-hybridized carbons (Fsp3) is 0.571. The highest BCUT2D eigenvalue weighted by Crippen LogP contribution is 2.27. The largest absolute Gasteiger partial charge is 0.378 e. The predicted octanol–water partition coefficient (Wildman–Crippen LogP) is 2.57. The Morgan fingerprint density at radius 2 is 2.11 bits per heavy atom. The summed E-state index contributed by atoms with van der Waals surface area (Å²) in [5, 5.41) is 4.36. The van der Waals surface area contributed by atoms with Gasteiger partial charge < -0.3 is 16.0 Å². The van der Waals surface area contributed by atoms with Crippen LogP contribution in [0, 0.1) is 0 Å². The number of anilines is 1. The van der Waals surface area contributed by atoms with Gasteiger partial charge in [-0.05, 0) is 37.6 Å². The van der Waals surface area contributed by atoms with E-state index in [0.717, 1.165) is 43.2 Å². The van der Waals surface area contributed by atoms with Crippen molar-refractivity contribution in [1.29, 1.82) is 0 Å². The first-order chi connectivity index (χ1) is 8.67. The van der Waals surface area contributed by atoms with Crippen LogP contribution < -0.4 is 11.1 Å². The van der Waals surface area contributed by atoms with E-state index in [0.29, 0.717) is 6.54 Å². The van der Waals surface area contributed by atoms with Gasteiger partial charge in [-0.25, -0.2) is 0 Å². The van der Waals surface area contributed by atoms with Crippen molar-refractivity contribution < 1.29 is 0 Å². The zero-order chi connectivity index (χ0) is 13.0. The van der Waals surface area contributed by atoms with Crippen molar-refractivity contribution in [3.8, 4) is 0 Å². The van der Waals surface area contributed by atoms with Crippen LogP contribution in [0.2, 0.25) is 5.02 Å². The van der Waals surface area contributed by atoms with Gasteiger partial charge in [-0.1, -0.05) is 24.6 Å². The fourth-order valence-electron chi connectivity index (χ4n) is 2.55. The Labute approximate surface area is 114 Å². The highest BCUT2D eigenvalue weighted by molar-refractivity contribution is 6.30. The van der Waals surface area contributed by atoms with Gasteiger partial charge in [0.05, 0.1) is 5.54 Å². The monoisotopic (exact) mass is 267 g/mol. The molecule has 1 fully saturated rings. The van der Waals surface area contributed by atoms with Crippen molar-refractivity contribution in [3.63, 3.8) is 0 Å². The van der Waals surface area contributed by atoms with E-state index < -0.39 is 0 Å². The Kier molecular flexibility index (Phi) is 4.49. The van der Waals surface area contributed by atoms with Gasteiger partial charge in [0.25, 0.3) is 0 Å². The van der Waals surface area contributed by atoms with E-state index in [-0.39, 0.29) is 5.54 Å². The number of likely N-dealkylation sites (tertiary alicyclic amines) is 1. The normalized spacial score (nSPS) is 19.7. The molecule has 4 heteroatoms. The van der Waals surface area contributed by atoms with Crippen molar-refractivity contribution >= 4 is 17.3 Å². The third-order valence-electron chi connectivity index (χ3n) is 3.89. The lowest BCUT2D eigenvalue weighted by Gasteiger charge is -2.42. The zero-order valence-electron chi connectivity index (χ0n) is 11.0. The molecule has 1 aliphatic rings. The fourth-order valence-corrected chi connectivity index (χ4v) is 2.74. The highest BCUT2D eigenvalue weighted by atomic mass is 35.5. The van der Waals surface area contributed by atoms with Crippen LogP contribution in [-0.4, -0.2) is 36.6 Å². The van der Waals surface area contributed by atoms with E-state index >= 15 is 0 Å². The van der Waals surface area contributed by atoms with Crippen LogP contribution in [0.25, 0.3) is 0 Å². The molecule has 100 valence electrons. The molecule has 1 saturated heterocycles. The summed E-state index contributed by atoms with van der Waals surface area (Å²) >= 11 is 6.02. The Morgan fingerprint density at radius 3 is 2.67 bits per heavy atom. The minimum atomic E-state index is 0.0242. The molecule has 0 spiro atoms. The summed E-state index contributed by atoms with van der Waals surface area (Å²) in [6, 6.07) is 7.87. The second kappa shape index (κ2) is 5.91. The van der Waals surface area contributed by atoms with E-state index in [9.17, 15) is 0 Å². The van der Waals surface area contributed by atoms with Crippen LogP contribution in [0.15, 0.2) is 24.3 Å². The van der Waals surface area contributed by atoms with Crippen molar-refractivity contribution in [2.24, 2.45) is 5.73 Å². The summed E-state index contributed by atoms with van der Waals surface area (Å²) in [6.45, 7) is 6.22. The molecule has 2 rings (SSSR count). The SMILES string of the molecule is CCN1CCC(CN)(Nc2cccc(Cl)c2)CC1. The maximum Gasteiger partial charge on any atom is 0.0520 e. The summed E-state index contributed by atoms with van der Waals surface area (Å²) < 4.78 is 0. The molecule has 3 nitrogen and oxygen atoms in total. The Morgan fingerprint density at radius 1 is 1.39 bits per heavy atom. The summed E-state index contributed by atoms with van der Waals surface area (Å²) in [6.07, 6.45) is 2.17.